The van der Waals surface area contributed by atoms with Crippen molar-refractivity contribution in [3.63, 3.8) is 0 Å². The number of amides is 2. The summed E-state index contributed by atoms with van der Waals surface area (Å²) in [7, 11) is 0. The molecule has 1 aromatic rings. The Hall–Kier alpha value is -2.97. The Morgan fingerprint density at radius 1 is 1.20 bits per heavy atom. The monoisotopic (exact) mass is 419 g/mol. The summed E-state index contributed by atoms with van der Waals surface area (Å²) in [5.41, 5.74) is 0.284. The second-order valence-electron chi connectivity index (χ2n) is 7.77. The maximum atomic E-state index is 12.2. The predicted octanol–water partition coefficient (Wildman–Crippen LogP) is 1.88. The first kappa shape index (κ1) is 23.3. The molecule has 9 heteroatoms. The summed E-state index contributed by atoms with van der Waals surface area (Å²) in [5.74, 6) is 1.35. The molecule has 1 aliphatic rings. The van der Waals surface area contributed by atoms with E-state index in [1.807, 2.05) is 52.0 Å². The van der Waals surface area contributed by atoms with Crippen molar-refractivity contribution in [1.82, 2.24) is 16.0 Å². The maximum Gasteiger partial charge on any atom is 0.407 e. The minimum absolute atomic E-state index is 0.0454. The Bertz CT molecular complexity index is 745. The van der Waals surface area contributed by atoms with Crippen molar-refractivity contribution < 1.29 is 19.1 Å². The van der Waals surface area contributed by atoms with Gasteiger partial charge in [0.2, 0.25) is 0 Å². The molecule has 30 heavy (non-hydrogen) atoms. The molecular weight excluding hydrogens is 386 g/mol. The number of aliphatic imine (C=N–C) groups is 1. The number of carbonyl (C=O) groups excluding carboxylic acids is 2. The number of ether oxygens (including phenoxy) is 2. The summed E-state index contributed by atoms with van der Waals surface area (Å²) in [4.78, 5) is 30.1. The summed E-state index contributed by atoms with van der Waals surface area (Å²) in [6.07, 6.45) is 0.272. The van der Waals surface area contributed by atoms with Gasteiger partial charge < -0.3 is 30.3 Å². The van der Waals surface area contributed by atoms with Crippen LogP contribution in [0.3, 0.4) is 0 Å². The number of hydrogen-bond donors (Lipinski definition) is 3. The van der Waals surface area contributed by atoms with Crippen LogP contribution >= 0.6 is 0 Å². The lowest BCUT2D eigenvalue weighted by molar-refractivity contribution is -0.121. The molecule has 2 rings (SSSR count). The molecule has 0 radical (unpaired) electrons. The van der Waals surface area contributed by atoms with Crippen LogP contribution in [0.25, 0.3) is 0 Å². The van der Waals surface area contributed by atoms with Gasteiger partial charge in [-0.25, -0.2) is 4.79 Å². The molecule has 0 unspecified atom stereocenters. The molecule has 166 valence electrons. The maximum absolute atomic E-state index is 12.2. The molecule has 1 aliphatic heterocycles. The Morgan fingerprint density at radius 3 is 2.67 bits per heavy atom. The smallest absolute Gasteiger partial charge is 0.407 e. The first-order valence-corrected chi connectivity index (χ1v) is 10.3. The summed E-state index contributed by atoms with van der Waals surface area (Å²) in [6, 6.07) is 7.54. The van der Waals surface area contributed by atoms with Crippen LogP contribution in [0.4, 0.5) is 10.5 Å². The third kappa shape index (κ3) is 7.81. The quantitative estimate of drug-likeness (QED) is 0.338. The SMILES string of the molecule is CCNC(=NCCCN1C(=O)COc2ccccc21)NCCNC(=O)OC(C)(C)C. The Balaban J connectivity index is 1.76. The molecule has 0 fully saturated rings. The number of para-hydroxylation sites is 2. The Morgan fingerprint density at radius 2 is 1.93 bits per heavy atom. The van der Waals surface area contributed by atoms with Gasteiger partial charge in [0.05, 0.1) is 5.69 Å². The average Bonchev–Trinajstić information content (AvgIpc) is 2.68. The number of benzene rings is 1. The van der Waals surface area contributed by atoms with Crippen molar-refractivity contribution in [3.8, 4) is 5.75 Å². The van der Waals surface area contributed by atoms with Crippen molar-refractivity contribution >= 4 is 23.6 Å². The topological polar surface area (TPSA) is 104 Å². The normalized spacial score (nSPS) is 13.9. The Labute approximate surface area is 178 Å². The second-order valence-corrected chi connectivity index (χ2v) is 7.77. The second kappa shape index (κ2) is 11.3. The Kier molecular flexibility index (Phi) is 8.76. The summed E-state index contributed by atoms with van der Waals surface area (Å²) < 4.78 is 10.7. The van der Waals surface area contributed by atoms with E-state index >= 15 is 0 Å². The van der Waals surface area contributed by atoms with Gasteiger partial charge in [-0.2, -0.15) is 0 Å². The van der Waals surface area contributed by atoms with Crippen LogP contribution in [0.5, 0.6) is 5.75 Å². The fraction of sp³-hybridized carbons (Fsp3) is 0.571. The lowest BCUT2D eigenvalue weighted by Gasteiger charge is -2.29. The summed E-state index contributed by atoms with van der Waals surface area (Å²) in [6.45, 7) is 10.3. The molecule has 3 N–H and O–H groups in total. The molecule has 0 atom stereocenters. The summed E-state index contributed by atoms with van der Waals surface area (Å²) in [5, 5.41) is 9.03. The van der Waals surface area contributed by atoms with E-state index in [1.165, 1.54) is 0 Å². The van der Waals surface area contributed by atoms with Gasteiger partial charge in [0.15, 0.2) is 12.6 Å². The van der Waals surface area contributed by atoms with Gasteiger partial charge in [-0.1, -0.05) is 12.1 Å². The van der Waals surface area contributed by atoms with Crippen LogP contribution in [-0.4, -0.2) is 62.9 Å². The molecule has 9 nitrogen and oxygen atoms in total. The first-order valence-electron chi connectivity index (χ1n) is 10.3. The first-order chi connectivity index (χ1) is 14.3. The van der Waals surface area contributed by atoms with Crippen LogP contribution < -0.4 is 25.6 Å². The third-order valence-corrected chi connectivity index (χ3v) is 4.05. The molecule has 0 saturated carbocycles. The van der Waals surface area contributed by atoms with Crippen LogP contribution in [0.1, 0.15) is 34.1 Å². The van der Waals surface area contributed by atoms with E-state index < -0.39 is 11.7 Å². The fourth-order valence-electron chi connectivity index (χ4n) is 2.82. The van der Waals surface area contributed by atoms with E-state index in [0.29, 0.717) is 38.6 Å². The molecule has 0 spiro atoms. The predicted molar refractivity (Wildman–Crippen MR) is 117 cm³/mol. The summed E-state index contributed by atoms with van der Waals surface area (Å²) >= 11 is 0. The molecule has 0 saturated heterocycles. The van der Waals surface area contributed by atoms with E-state index in [9.17, 15) is 9.59 Å². The minimum atomic E-state index is -0.518. The van der Waals surface area contributed by atoms with Crippen LogP contribution in [0.2, 0.25) is 0 Å². The van der Waals surface area contributed by atoms with Gasteiger partial charge in [-0.15, -0.1) is 0 Å². The van der Waals surface area contributed by atoms with Crippen molar-refractivity contribution in [2.75, 3.05) is 44.2 Å². The van der Waals surface area contributed by atoms with Crippen LogP contribution in [0, 0.1) is 0 Å². The van der Waals surface area contributed by atoms with E-state index in [0.717, 1.165) is 18.0 Å². The van der Waals surface area contributed by atoms with E-state index in [1.54, 1.807) is 4.90 Å². The van der Waals surface area contributed by atoms with Crippen molar-refractivity contribution in [3.05, 3.63) is 24.3 Å². The number of alkyl carbamates (subject to hydrolysis) is 1. The standard InChI is InChI=1S/C21H33N5O4/c1-5-22-19(24-12-13-25-20(28)30-21(2,3)4)23-11-8-14-26-16-9-6-7-10-17(16)29-15-18(26)27/h6-7,9-10H,5,8,11-15H2,1-4H3,(H,25,28)(H2,22,23,24). The van der Waals surface area contributed by atoms with Crippen molar-refractivity contribution in [2.24, 2.45) is 4.99 Å². The number of hydrogen-bond acceptors (Lipinski definition) is 5. The highest BCUT2D eigenvalue weighted by Gasteiger charge is 2.24. The lowest BCUT2D eigenvalue weighted by atomic mass is 10.2. The highest BCUT2D eigenvalue weighted by molar-refractivity contribution is 5.97. The number of fused-ring (bicyclic) bond motifs is 1. The number of rotatable bonds is 8. The van der Waals surface area contributed by atoms with Gasteiger partial charge in [-0.3, -0.25) is 9.79 Å². The number of nitrogens with one attached hydrogen (secondary N) is 3. The third-order valence-electron chi connectivity index (χ3n) is 4.05. The lowest BCUT2D eigenvalue weighted by Crippen LogP contribution is -2.42. The number of guanidine groups is 1. The zero-order valence-electron chi connectivity index (χ0n) is 18.3. The van der Waals surface area contributed by atoms with Gasteiger partial charge in [-0.05, 0) is 46.2 Å². The van der Waals surface area contributed by atoms with E-state index in [-0.39, 0.29) is 12.5 Å². The van der Waals surface area contributed by atoms with Crippen molar-refractivity contribution in [1.29, 1.82) is 0 Å². The number of nitrogens with zero attached hydrogens (tertiary/aromatic N) is 2. The van der Waals surface area contributed by atoms with E-state index in [4.69, 9.17) is 9.47 Å². The van der Waals surface area contributed by atoms with Gasteiger partial charge in [0.25, 0.3) is 5.91 Å². The van der Waals surface area contributed by atoms with Gasteiger partial charge in [0.1, 0.15) is 11.4 Å². The van der Waals surface area contributed by atoms with E-state index in [2.05, 4.69) is 20.9 Å². The molecule has 1 aromatic carbocycles. The molecule has 1 heterocycles. The van der Waals surface area contributed by atoms with Crippen LogP contribution in [-0.2, 0) is 9.53 Å². The molecule has 0 aromatic heterocycles. The zero-order chi connectivity index (χ0) is 22.0. The zero-order valence-corrected chi connectivity index (χ0v) is 18.3. The van der Waals surface area contributed by atoms with Crippen LogP contribution in [0.15, 0.2) is 29.3 Å². The minimum Gasteiger partial charge on any atom is -0.482 e. The fourth-order valence-corrected chi connectivity index (χ4v) is 2.82. The highest BCUT2D eigenvalue weighted by Crippen LogP contribution is 2.31. The highest BCUT2D eigenvalue weighted by atomic mass is 16.6. The average molecular weight is 420 g/mol. The molecule has 0 aliphatic carbocycles. The van der Waals surface area contributed by atoms with Gasteiger partial charge >= 0.3 is 6.09 Å². The largest absolute Gasteiger partial charge is 0.482 e. The molecular formula is C21H33N5O4. The van der Waals surface area contributed by atoms with Gasteiger partial charge in [0, 0.05) is 32.7 Å². The molecule has 2 amide bonds. The number of anilines is 1. The van der Waals surface area contributed by atoms with Crippen molar-refractivity contribution in [2.45, 2.75) is 39.7 Å². The molecule has 0 bridgehead atoms. The number of carbonyl (C=O) groups is 2.